The number of carboxylic acid groups (broad SMARTS) is 1. The van der Waals surface area contributed by atoms with E-state index < -0.39 is 60.9 Å². The third-order valence-corrected chi connectivity index (χ3v) is 3.93. The second kappa shape index (κ2) is 12.1. The Kier molecular flexibility index (Phi) is 9.91. The molecule has 3 atom stereocenters. The monoisotopic (exact) mass is 427 g/mol. The number of primary amides is 1. The number of amides is 4. The SMILES string of the molecule is NCC(=O)NC(CO)C(=O)NC(Cc1cnc[nH]1)C(=O)NC(CCC(N)=O)C(=O)O. The van der Waals surface area contributed by atoms with Gasteiger partial charge < -0.3 is 42.6 Å². The third-order valence-electron chi connectivity index (χ3n) is 3.93. The van der Waals surface area contributed by atoms with Crippen LogP contribution >= 0.6 is 0 Å². The minimum Gasteiger partial charge on any atom is -0.480 e. The molecule has 0 fully saturated rings. The molecule has 0 aliphatic heterocycles. The maximum atomic E-state index is 12.6. The van der Waals surface area contributed by atoms with Crippen LogP contribution in [-0.2, 0) is 30.4 Å². The van der Waals surface area contributed by atoms with E-state index in [-0.39, 0.29) is 19.3 Å². The average molecular weight is 427 g/mol. The summed E-state index contributed by atoms with van der Waals surface area (Å²) in [6, 6.07) is -4.07. The summed E-state index contributed by atoms with van der Waals surface area (Å²) in [6.07, 6.45) is 2.13. The molecule has 14 nitrogen and oxygen atoms in total. The highest BCUT2D eigenvalue weighted by atomic mass is 16.4. The van der Waals surface area contributed by atoms with Crippen molar-refractivity contribution in [3.05, 3.63) is 18.2 Å². The number of nitrogens with zero attached hydrogens (tertiary/aromatic N) is 1. The van der Waals surface area contributed by atoms with Gasteiger partial charge in [0.1, 0.15) is 18.1 Å². The van der Waals surface area contributed by atoms with Crippen LogP contribution in [0.3, 0.4) is 0 Å². The second-order valence-electron chi connectivity index (χ2n) is 6.25. The molecule has 0 spiro atoms. The van der Waals surface area contributed by atoms with Gasteiger partial charge in [0, 0.05) is 24.7 Å². The lowest BCUT2D eigenvalue weighted by atomic mass is 10.1. The van der Waals surface area contributed by atoms with E-state index in [1.54, 1.807) is 0 Å². The normalized spacial score (nSPS) is 13.5. The van der Waals surface area contributed by atoms with Crippen molar-refractivity contribution >= 4 is 29.6 Å². The average Bonchev–Trinajstić information content (AvgIpc) is 3.20. The van der Waals surface area contributed by atoms with Gasteiger partial charge in [-0.05, 0) is 6.42 Å². The topological polar surface area (TPSA) is 243 Å². The Labute approximate surface area is 170 Å². The molecular weight excluding hydrogens is 402 g/mol. The van der Waals surface area contributed by atoms with Crippen molar-refractivity contribution in [2.75, 3.05) is 13.2 Å². The molecule has 0 aliphatic carbocycles. The molecule has 0 radical (unpaired) electrons. The van der Waals surface area contributed by atoms with Gasteiger partial charge >= 0.3 is 5.97 Å². The lowest BCUT2D eigenvalue weighted by Gasteiger charge is -2.23. The zero-order valence-electron chi connectivity index (χ0n) is 16.0. The molecule has 1 heterocycles. The number of aliphatic hydroxyl groups is 1. The number of aromatic amines is 1. The number of nitrogens with one attached hydrogen (secondary N) is 4. The summed E-state index contributed by atoms with van der Waals surface area (Å²) in [7, 11) is 0. The quantitative estimate of drug-likeness (QED) is 0.151. The van der Waals surface area contributed by atoms with E-state index in [1.807, 2.05) is 0 Å². The fraction of sp³-hybridized carbons (Fsp3) is 0.500. The summed E-state index contributed by atoms with van der Waals surface area (Å²) in [6.45, 7) is -1.17. The number of carbonyl (C=O) groups excluding carboxylic acids is 4. The van der Waals surface area contributed by atoms with Crippen LogP contribution in [-0.4, -0.2) is 81.1 Å². The summed E-state index contributed by atoms with van der Waals surface area (Å²) < 4.78 is 0. The van der Waals surface area contributed by atoms with E-state index in [4.69, 9.17) is 11.5 Å². The highest BCUT2D eigenvalue weighted by Crippen LogP contribution is 2.03. The molecule has 14 heteroatoms. The van der Waals surface area contributed by atoms with Crippen LogP contribution in [0.4, 0.5) is 0 Å². The first kappa shape index (κ1) is 24.5. The minimum absolute atomic E-state index is 0.0945. The molecule has 166 valence electrons. The Balaban J connectivity index is 2.93. The molecule has 0 saturated carbocycles. The number of carboxylic acids is 1. The lowest BCUT2D eigenvalue weighted by molar-refractivity contribution is -0.142. The van der Waals surface area contributed by atoms with Gasteiger partial charge in [0.25, 0.3) is 0 Å². The van der Waals surface area contributed by atoms with Gasteiger partial charge in [-0.1, -0.05) is 0 Å². The fourth-order valence-electron chi connectivity index (χ4n) is 2.36. The first-order valence-electron chi connectivity index (χ1n) is 8.87. The number of carbonyl (C=O) groups is 5. The van der Waals surface area contributed by atoms with Crippen molar-refractivity contribution < 1.29 is 34.2 Å². The van der Waals surface area contributed by atoms with Gasteiger partial charge in [0.05, 0.1) is 19.5 Å². The maximum absolute atomic E-state index is 12.6. The van der Waals surface area contributed by atoms with Gasteiger partial charge in [0.15, 0.2) is 0 Å². The van der Waals surface area contributed by atoms with Gasteiger partial charge in [-0.3, -0.25) is 19.2 Å². The zero-order valence-corrected chi connectivity index (χ0v) is 16.0. The van der Waals surface area contributed by atoms with Crippen molar-refractivity contribution in [2.45, 2.75) is 37.4 Å². The molecule has 0 saturated heterocycles. The summed E-state index contributed by atoms with van der Waals surface area (Å²) in [5, 5.41) is 25.3. The smallest absolute Gasteiger partial charge is 0.326 e. The minimum atomic E-state index is -1.42. The highest BCUT2D eigenvalue weighted by molar-refractivity contribution is 5.93. The van der Waals surface area contributed by atoms with Gasteiger partial charge in [-0.15, -0.1) is 0 Å². The Morgan fingerprint density at radius 2 is 1.70 bits per heavy atom. The fourth-order valence-corrected chi connectivity index (χ4v) is 2.36. The summed E-state index contributed by atoms with van der Waals surface area (Å²) in [5.41, 5.74) is 10.6. The molecule has 10 N–H and O–H groups in total. The molecule has 0 aromatic carbocycles. The third kappa shape index (κ3) is 8.24. The van der Waals surface area contributed by atoms with E-state index in [2.05, 4.69) is 25.9 Å². The molecule has 3 unspecified atom stereocenters. The van der Waals surface area contributed by atoms with Crippen LogP contribution in [0.25, 0.3) is 0 Å². The van der Waals surface area contributed by atoms with Crippen molar-refractivity contribution in [2.24, 2.45) is 11.5 Å². The standard InChI is InChI=1S/C16H25N7O7/c17-4-13(26)21-11(6-24)15(28)23-10(3-8-5-19-7-20-8)14(27)22-9(16(29)30)1-2-12(18)25/h5,7,9-11,24H,1-4,6,17H2,(H2,18,25)(H,19,20)(H,21,26)(H,22,27)(H,23,28)(H,29,30). The van der Waals surface area contributed by atoms with Crippen molar-refractivity contribution in [1.82, 2.24) is 25.9 Å². The second-order valence-corrected chi connectivity index (χ2v) is 6.25. The lowest BCUT2D eigenvalue weighted by Crippen LogP contribution is -2.57. The van der Waals surface area contributed by atoms with Crippen LogP contribution in [0, 0.1) is 0 Å². The Hall–Kier alpha value is -3.52. The molecular formula is C16H25N7O7. The summed E-state index contributed by atoms with van der Waals surface area (Å²) >= 11 is 0. The number of hydrogen-bond acceptors (Lipinski definition) is 8. The number of imidazole rings is 1. The first-order chi connectivity index (χ1) is 14.2. The highest BCUT2D eigenvalue weighted by Gasteiger charge is 2.29. The predicted molar refractivity (Wildman–Crippen MR) is 100 cm³/mol. The molecule has 30 heavy (non-hydrogen) atoms. The molecule has 0 bridgehead atoms. The Bertz CT molecular complexity index is 753. The predicted octanol–water partition coefficient (Wildman–Crippen LogP) is -4.29. The first-order valence-corrected chi connectivity index (χ1v) is 8.87. The maximum Gasteiger partial charge on any atom is 0.326 e. The summed E-state index contributed by atoms with van der Waals surface area (Å²) in [5.74, 6) is -4.57. The molecule has 1 rings (SSSR count). The number of nitrogens with two attached hydrogens (primary N) is 2. The molecule has 1 aromatic rings. The van der Waals surface area contributed by atoms with Crippen LogP contribution in [0.15, 0.2) is 12.5 Å². The van der Waals surface area contributed by atoms with E-state index in [9.17, 15) is 34.2 Å². The number of aliphatic carboxylic acids is 1. The van der Waals surface area contributed by atoms with Crippen LogP contribution in [0.1, 0.15) is 18.5 Å². The van der Waals surface area contributed by atoms with Crippen LogP contribution < -0.4 is 27.4 Å². The van der Waals surface area contributed by atoms with Crippen molar-refractivity contribution in [1.29, 1.82) is 0 Å². The number of aromatic nitrogens is 2. The number of H-pyrrole nitrogens is 1. The Morgan fingerprint density at radius 3 is 2.20 bits per heavy atom. The van der Waals surface area contributed by atoms with Gasteiger partial charge in [-0.2, -0.15) is 0 Å². The van der Waals surface area contributed by atoms with E-state index in [1.165, 1.54) is 12.5 Å². The zero-order chi connectivity index (χ0) is 22.7. The van der Waals surface area contributed by atoms with Crippen LogP contribution in [0.5, 0.6) is 0 Å². The van der Waals surface area contributed by atoms with E-state index in [0.29, 0.717) is 5.69 Å². The largest absolute Gasteiger partial charge is 0.480 e. The van der Waals surface area contributed by atoms with Crippen molar-refractivity contribution in [3.8, 4) is 0 Å². The van der Waals surface area contributed by atoms with Gasteiger partial charge in [0.2, 0.25) is 23.6 Å². The molecule has 1 aromatic heterocycles. The van der Waals surface area contributed by atoms with E-state index in [0.717, 1.165) is 0 Å². The molecule has 0 aliphatic rings. The Morgan fingerprint density at radius 1 is 1.07 bits per heavy atom. The van der Waals surface area contributed by atoms with Crippen LogP contribution in [0.2, 0.25) is 0 Å². The van der Waals surface area contributed by atoms with E-state index >= 15 is 0 Å². The molecule has 4 amide bonds. The number of aliphatic hydroxyl groups excluding tert-OH is 1. The number of hydrogen-bond donors (Lipinski definition) is 8. The number of rotatable bonds is 13. The van der Waals surface area contributed by atoms with Crippen molar-refractivity contribution in [3.63, 3.8) is 0 Å². The van der Waals surface area contributed by atoms with Gasteiger partial charge in [-0.25, -0.2) is 9.78 Å². The summed E-state index contributed by atoms with van der Waals surface area (Å²) in [4.78, 5) is 65.2.